The standard InChI is InChI=1S/C31H38N4O3S/c1-31(2)10-9-22(25(17-31)27-4-3-15-39-27)19-34-13-11-33(12-14-34)18-21-5-6-24-23(16-21)20-35(30(24)38)26-7-8-28(36)32-29(26)37/h3-6,15,18,26H,7-14,16-17,19-20H2,1-2H3,(H,32,36,37). The van der Waals surface area contributed by atoms with Crippen molar-refractivity contribution in [2.45, 2.75) is 58.4 Å². The summed E-state index contributed by atoms with van der Waals surface area (Å²) in [4.78, 5) is 45.0. The molecule has 0 spiro atoms. The van der Waals surface area contributed by atoms with E-state index in [0.717, 1.165) is 44.7 Å². The van der Waals surface area contributed by atoms with E-state index in [1.165, 1.54) is 29.7 Å². The summed E-state index contributed by atoms with van der Waals surface area (Å²) in [5, 5.41) is 4.58. The van der Waals surface area contributed by atoms with Crippen molar-refractivity contribution in [2.24, 2.45) is 5.41 Å². The highest BCUT2D eigenvalue weighted by Gasteiger charge is 2.40. The zero-order valence-corrected chi connectivity index (χ0v) is 23.8. The number of carbonyl (C=O) groups excluding carboxylic acids is 3. The first-order valence-corrected chi connectivity index (χ1v) is 15.1. The van der Waals surface area contributed by atoms with Crippen molar-refractivity contribution < 1.29 is 14.4 Å². The predicted octanol–water partition coefficient (Wildman–Crippen LogP) is 4.12. The minimum absolute atomic E-state index is 0.0919. The van der Waals surface area contributed by atoms with E-state index in [-0.39, 0.29) is 24.1 Å². The first-order valence-electron chi connectivity index (χ1n) is 14.2. The second-order valence-corrected chi connectivity index (χ2v) is 13.3. The number of hydrogen-bond acceptors (Lipinski definition) is 6. The topological polar surface area (TPSA) is 73.0 Å². The molecule has 2 aliphatic carbocycles. The smallest absolute Gasteiger partial charge is 0.254 e. The number of hydrogen-bond donors (Lipinski definition) is 1. The Kier molecular flexibility index (Phi) is 7.10. The maximum atomic E-state index is 13.0. The molecule has 39 heavy (non-hydrogen) atoms. The molecule has 2 saturated heterocycles. The minimum Gasteiger partial charge on any atom is -0.375 e. The van der Waals surface area contributed by atoms with Crippen molar-refractivity contribution in [2.75, 3.05) is 39.3 Å². The van der Waals surface area contributed by atoms with Crippen molar-refractivity contribution >= 4 is 34.6 Å². The Balaban J connectivity index is 1.05. The second kappa shape index (κ2) is 10.5. The van der Waals surface area contributed by atoms with Gasteiger partial charge in [-0.15, -0.1) is 11.3 Å². The second-order valence-electron chi connectivity index (χ2n) is 12.3. The van der Waals surface area contributed by atoms with Crippen LogP contribution in [0.3, 0.4) is 0 Å². The van der Waals surface area contributed by atoms with E-state index in [1.54, 1.807) is 16.0 Å². The highest BCUT2D eigenvalue weighted by Crippen LogP contribution is 2.44. The average molecular weight is 547 g/mol. The van der Waals surface area contributed by atoms with Gasteiger partial charge in [-0.3, -0.25) is 24.6 Å². The molecule has 5 aliphatic rings. The molecule has 0 aromatic carbocycles. The Hall–Kier alpha value is -2.97. The van der Waals surface area contributed by atoms with Crippen molar-refractivity contribution in [3.8, 4) is 0 Å². The van der Waals surface area contributed by atoms with Crippen LogP contribution in [0.1, 0.15) is 57.2 Å². The van der Waals surface area contributed by atoms with E-state index in [2.05, 4.69) is 58.8 Å². The molecule has 6 rings (SSSR count). The molecule has 7 nitrogen and oxygen atoms in total. The van der Waals surface area contributed by atoms with E-state index in [0.29, 0.717) is 24.0 Å². The number of piperidine rings is 1. The third-order valence-corrected chi connectivity index (χ3v) is 9.80. The van der Waals surface area contributed by atoms with Crippen molar-refractivity contribution in [3.63, 3.8) is 0 Å². The van der Waals surface area contributed by atoms with E-state index in [9.17, 15) is 14.4 Å². The largest absolute Gasteiger partial charge is 0.375 e. The van der Waals surface area contributed by atoms with Crippen LogP contribution in [0.2, 0.25) is 0 Å². The molecule has 2 fully saturated rings. The third kappa shape index (κ3) is 5.54. The number of piperazine rings is 1. The van der Waals surface area contributed by atoms with E-state index >= 15 is 0 Å². The number of rotatable bonds is 5. The van der Waals surface area contributed by atoms with Gasteiger partial charge in [0.15, 0.2) is 0 Å². The number of nitrogens with one attached hydrogen (secondary N) is 1. The molecular formula is C31H38N4O3S. The highest BCUT2D eigenvalue weighted by molar-refractivity contribution is 7.11. The first-order chi connectivity index (χ1) is 18.8. The minimum atomic E-state index is -0.555. The van der Waals surface area contributed by atoms with Gasteiger partial charge in [-0.25, -0.2) is 0 Å². The molecule has 0 bridgehead atoms. The maximum Gasteiger partial charge on any atom is 0.254 e. The van der Waals surface area contributed by atoms with Crippen LogP contribution >= 0.6 is 11.3 Å². The molecule has 3 amide bonds. The summed E-state index contributed by atoms with van der Waals surface area (Å²) in [6, 6.07) is 3.90. The fourth-order valence-corrected chi connectivity index (χ4v) is 7.42. The Morgan fingerprint density at radius 1 is 1.10 bits per heavy atom. The van der Waals surface area contributed by atoms with Crippen molar-refractivity contribution in [3.05, 3.63) is 63.0 Å². The number of carbonyl (C=O) groups is 3. The summed E-state index contributed by atoms with van der Waals surface area (Å²) in [6.45, 7) is 10.4. The number of amides is 3. The molecule has 1 atom stereocenters. The fourth-order valence-electron chi connectivity index (χ4n) is 6.60. The molecule has 1 N–H and O–H groups in total. The summed E-state index contributed by atoms with van der Waals surface area (Å²) in [7, 11) is 0. The maximum absolute atomic E-state index is 13.0. The SMILES string of the molecule is CC1(C)CCC(CN2CCN(C=C3C=CC4=C(C3)CN(C3CCC(=O)NC3=O)C4=O)CC2)=C(c2cccs2)C1. The molecule has 3 aliphatic heterocycles. The summed E-state index contributed by atoms with van der Waals surface area (Å²) in [6.07, 6.45) is 11.3. The third-order valence-electron chi connectivity index (χ3n) is 8.88. The lowest BCUT2D eigenvalue weighted by atomic mass is 9.74. The Morgan fingerprint density at radius 2 is 1.92 bits per heavy atom. The molecule has 1 unspecified atom stereocenters. The summed E-state index contributed by atoms with van der Waals surface area (Å²) in [5.74, 6) is -0.703. The van der Waals surface area contributed by atoms with Crippen LogP contribution in [0.5, 0.6) is 0 Å². The Bertz CT molecular complexity index is 1290. The summed E-state index contributed by atoms with van der Waals surface area (Å²) < 4.78 is 0. The molecular weight excluding hydrogens is 508 g/mol. The van der Waals surface area contributed by atoms with Crippen molar-refractivity contribution in [1.29, 1.82) is 0 Å². The van der Waals surface area contributed by atoms with E-state index < -0.39 is 6.04 Å². The van der Waals surface area contributed by atoms with Gasteiger partial charge in [0.1, 0.15) is 6.04 Å². The van der Waals surface area contributed by atoms with Gasteiger partial charge in [-0.2, -0.15) is 0 Å². The van der Waals surface area contributed by atoms with Crippen LogP contribution in [0.25, 0.3) is 5.57 Å². The quantitative estimate of drug-likeness (QED) is 0.563. The lowest BCUT2D eigenvalue weighted by Crippen LogP contribution is -2.53. The normalized spacial score (nSPS) is 27.1. The average Bonchev–Trinajstić information content (AvgIpc) is 3.55. The zero-order chi connectivity index (χ0) is 27.1. The lowest BCUT2D eigenvalue weighted by molar-refractivity contribution is -0.142. The monoisotopic (exact) mass is 546 g/mol. The van der Waals surface area contributed by atoms with Gasteiger partial charge in [-0.05, 0) is 71.8 Å². The molecule has 206 valence electrons. The molecule has 8 heteroatoms. The fraction of sp³-hybridized carbons (Fsp3) is 0.516. The highest BCUT2D eigenvalue weighted by atomic mass is 32.1. The zero-order valence-electron chi connectivity index (χ0n) is 23.0. The Morgan fingerprint density at radius 3 is 2.67 bits per heavy atom. The van der Waals surface area contributed by atoms with Gasteiger partial charge in [0, 0.05) is 62.3 Å². The van der Waals surface area contributed by atoms with Gasteiger partial charge in [0.25, 0.3) is 5.91 Å². The molecule has 0 saturated carbocycles. The summed E-state index contributed by atoms with van der Waals surface area (Å²) >= 11 is 1.87. The van der Waals surface area contributed by atoms with Gasteiger partial charge < -0.3 is 9.80 Å². The van der Waals surface area contributed by atoms with Crippen LogP contribution in [-0.4, -0.2) is 77.7 Å². The van der Waals surface area contributed by atoms with Gasteiger partial charge >= 0.3 is 0 Å². The van der Waals surface area contributed by atoms with Crippen LogP contribution in [0.4, 0.5) is 0 Å². The van der Waals surface area contributed by atoms with Gasteiger partial charge in [0.05, 0.1) is 0 Å². The van der Waals surface area contributed by atoms with Gasteiger partial charge in [-0.1, -0.05) is 31.6 Å². The summed E-state index contributed by atoms with van der Waals surface area (Å²) in [5.41, 5.74) is 6.58. The first kappa shape index (κ1) is 26.3. The molecule has 1 aromatic rings. The lowest BCUT2D eigenvalue weighted by Gasteiger charge is -2.38. The van der Waals surface area contributed by atoms with Crippen LogP contribution < -0.4 is 5.32 Å². The van der Waals surface area contributed by atoms with E-state index in [1.807, 2.05) is 17.4 Å². The van der Waals surface area contributed by atoms with Crippen LogP contribution in [0.15, 0.2) is 58.2 Å². The van der Waals surface area contributed by atoms with E-state index in [4.69, 9.17) is 0 Å². The number of imide groups is 1. The molecule has 1 aromatic heterocycles. The van der Waals surface area contributed by atoms with Crippen molar-refractivity contribution in [1.82, 2.24) is 20.0 Å². The van der Waals surface area contributed by atoms with Crippen LogP contribution in [0, 0.1) is 5.41 Å². The number of allylic oxidation sites excluding steroid dienone is 3. The number of thiophene rings is 1. The van der Waals surface area contributed by atoms with Crippen LogP contribution in [-0.2, 0) is 14.4 Å². The molecule has 0 radical (unpaired) electrons. The van der Waals surface area contributed by atoms with Gasteiger partial charge in [0.2, 0.25) is 11.8 Å². The number of nitrogens with zero attached hydrogens (tertiary/aromatic N) is 3. The Labute approximate surface area is 234 Å². The predicted molar refractivity (Wildman–Crippen MR) is 154 cm³/mol. The molecule has 4 heterocycles.